The molecule has 0 fully saturated rings. The van der Waals surface area contributed by atoms with Gasteiger partial charge >= 0.3 is 0 Å². The average molecular weight is 356 g/mol. The fraction of sp³-hybridized carbons (Fsp3) is 0.118. The van der Waals surface area contributed by atoms with E-state index in [0.717, 1.165) is 22.7 Å². The third-order valence-corrected chi connectivity index (χ3v) is 3.79. The van der Waals surface area contributed by atoms with E-state index in [1.807, 2.05) is 30.3 Å². The van der Waals surface area contributed by atoms with Gasteiger partial charge in [-0.15, -0.1) is 5.10 Å². The first-order valence-corrected chi connectivity index (χ1v) is 7.99. The van der Waals surface area contributed by atoms with E-state index in [1.54, 1.807) is 18.3 Å². The Kier molecular flexibility index (Phi) is 4.22. The number of benzene rings is 2. The van der Waals surface area contributed by atoms with Gasteiger partial charge in [-0.05, 0) is 35.9 Å². The van der Waals surface area contributed by atoms with Crippen molar-refractivity contribution in [2.45, 2.75) is 6.54 Å². The van der Waals surface area contributed by atoms with Crippen molar-refractivity contribution in [1.82, 2.24) is 15.2 Å². The second-order valence-electron chi connectivity index (χ2n) is 5.34. The summed E-state index contributed by atoms with van der Waals surface area (Å²) in [6.07, 6.45) is 1.57. The highest BCUT2D eigenvalue weighted by Gasteiger charge is 2.13. The van der Waals surface area contributed by atoms with E-state index in [0.29, 0.717) is 23.3 Å². The largest absolute Gasteiger partial charge is 0.454 e. The maximum absolute atomic E-state index is 5.97. The molecule has 7 nitrogen and oxygen atoms in total. The fourth-order valence-corrected chi connectivity index (χ4v) is 2.57. The third-order valence-electron chi connectivity index (χ3n) is 3.55. The molecule has 0 saturated heterocycles. The van der Waals surface area contributed by atoms with Gasteiger partial charge in [-0.25, -0.2) is 0 Å². The van der Waals surface area contributed by atoms with E-state index in [9.17, 15) is 0 Å². The van der Waals surface area contributed by atoms with Crippen LogP contribution in [-0.4, -0.2) is 22.0 Å². The molecule has 1 aliphatic heterocycles. The minimum Gasteiger partial charge on any atom is -0.454 e. The second kappa shape index (κ2) is 6.82. The molecule has 0 bridgehead atoms. The van der Waals surface area contributed by atoms with Gasteiger partial charge in [-0.3, -0.25) is 0 Å². The zero-order valence-electron chi connectivity index (χ0n) is 13.1. The van der Waals surface area contributed by atoms with Crippen molar-refractivity contribution in [2.24, 2.45) is 0 Å². The van der Waals surface area contributed by atoms with E-state index >= 15 is 0 Å². The first-order valence-electron chi connectivity index (χ1n) is 7.61. The molecule has 2 heterocycles. The smallest absolute Gasteiger partial charge is 0.249 e. The molecule has 0 aliphatic carbocycles. The molecule has 0 atom stereocenters. The highest BCUT2D eigenvalue weighted by Crippen LogP contribution is 2.32. The van der Waals surface area contributed by atoms with E-state index in [2.05, 4.69) is 25.8 Å². The lowest BCUT2D eigenvalue weighted by molar-refractivity contribution is 0.174. The Balaban J connectivity index is 1.43. The molecular weight excluding hydrogens is 342 g/mol. The van der Waals surface area contributed by atoms with E-state index < -0.39 is 0 Å². The first-order chi connectivity index (χ1) is 12.3. The number of nitrogens with one attached hydrogen (secondary N) is 2. The molecule has 1 aromatic heterocycles. The lowest BCUT2D eigenvalue weighted by Gasteiger charge is -2.08. The van der Waals surface area contributed by atoms with Crippen molar-refractivity contribution in [2.75, 3.05) is 17.4 Å². The van der Waals surface area contributed by atoms with Crippen LogP contribution in [0.3, 0.4) is 0 Å². The minimum atomic E-state index is 0.264. The maximum Gasteiger partial charge on any atom is 0.249 e. The van der Waals surface area contributed by atoms with Crippen LogP contribution in [0.15, 0.2) is 48.7 Å². The Morgan fingerprint density at radius 2 is 2.00 bits per heavy atom. The Hall–Kier alpha value is -3.06. The third kappa shape index (κ3) is 3.72. The molecule has 8 heteroatoms. The Morgan fingerprint density at radius 3 is 2.92 bits per heavy atom. The van der Waals surface area contributed by atoms with Gasteiger partial charge in [-0.2, -0.15) is 10.1 Å². The highest BCUT2D eigenvalue weighted by atomic mass is 35.5. The van der Waals surface area contributed by atoms with Gasteiger partial charge in [0.15, 0.2) is 17.3 Å². The normalized spacial score (nSPS) is 12.0. The Morgan fingerprint density at radius 1 is 1.08 bits per heavy atom. The highest BCUT2D eigenvalue weighted by molar-refractivity contribution is 6.30. The summed E-state index contributed by atoms with van der Waals surface area (Å²) in [6.45, 7) is 0.840. The van der Waals surface area contributed by atoms with Crippen LogP contribution >= 0.6 is 11.6 Å². The molecule has 0 radical (unpaired) electrons. The molecule has 4 rings (SSSR count). The summed E-state index contributed by atoms with van der Waals surface area (Å²) in [6, 6.07) is 13.1. The van der Waals surface area contributed by atoms with Crippen LogP contribution in [0.2, 0.25) is 5.02 Å². The number of hydrogen-bond acceptors (Lipinski definition) is 7. The molecule has 2 aromatic carbocycles. The minimum absolute atomic E-state index is 0.264. The molecule has 3 aromatic rings. The molecule has 0 amide bonds. The second-order valence-corrected chi connectivity index (χ2v) is 5.78. The molecule has 0 spiro atoms. The van der Waals surface area contributed by atoms with Gasteiger partial charge in [-0.1, -0.05) is 23.7 Å². The van der Waals surface area contributed by atoms with Crippen molar-refractivity contribution in [3.8, 4) is 11.5 Å². The summed E-state index contributed by atoms with van der Waals surface area (Å²) in [7, 11) is 0. The Labute approximate surface area is 149 Å². The zero-order valence-corrected chi connectivity index (χ0v) is 13.8. The van der Waals surface area contributed by atoms with E-state index in [4.69, 9.17) is 21.1 Å². The van der Waals surface area contributed by atoms with Gasteiger partial charge < -0.3 is 20.1 Å². The number of rotatable bonds is 5. The predicted molar refractivity (Wildman–Crippen MR) is 94.5 cm³/mol. The number of nitrogens with zero attached hydrogens (tertiary/aromatic N) is 3. The lowest BCUT2D eigenvalue weighted by atomic mass is 10.2. The van der Waals surface area contributed by atoms with Gasteiger partial charge in [0, 0.05) is 17.3 Å². The van der Waals surface area contributed by atoms with Crippen LogP contribution in [0.5, 0.6) is 11.5 Å². The van der Waals surface area contributed by atoms with Crippen molar-refractivity contribution in [3.05, 3.63) is 59.2 Å². The summed E-state index contributed by atoms with van der Waals surface area (Å²) in [5.74, 6) is 2.51. The number of halogens is 1. The molecule has 126 valence electrons. The van der Waals surface area contributed by atoms with Gasteiger partial charge in [0.1, 0.15) is 0 Å². The lowest BCUT2D eigenvalue weighted by Crippen LogP contribution is -2.05. The maximum atomic E-state index is 5.97. The number of hydrogen-bond donors (Lipinski definition) is 2. The number of aromatic nitrogens is 3. The molecule has 1 aliphatic rings. The summed E-state index contributed by atoms with van der Waals surface area (Å²) in [5, 5.41) is 14.9. The molecule has 0 unspecified atom stereocenters. The SMILES string of the molecule is Clc1cccc(Nc2nncc(NCc3ccc4c(c3)OCO4)n2)c1. The van der Waals surface area contributed by atoms with Crippen LogP contribution in [0, 0.1) is 0 Å². The van der Waals surface area contributed by atoms with E-state index in [-0.39, 0.29) is 6.79 Å². The quantitative estimate of drug-likeness (QED) is 0.723. The number of anilines is 3. The molecular formula is C17H14ClN5O2. The number of ether oxygens (including phenoxy) is 2. The predicted octanol–water partition coefficient (Wildman–Crippen LogP) is 3.61. The number of fused-ring (bicyclic) bond motifs is 1. The monoisotopic (exact) mass is 355 g/mol. The fourth-order valence-electron chi connectivity index (χ4n) is 2.38. The van der Waals surface area contributed by atoms with Crippen LogP contribution in [0.4, 0.5) is 17.5 Å². The van der Waals surface area contributed by atoms with Crippen molar-refractivity contribution in [1.29, 1.82) is 0 Å². The Bertz CT molecular complexity index is 906. The van der Waals surface area contributed by atoms with Crippen molar-refractivity contribution < 1.29 is 9.47 Å². The summed E-state index contributed by atoms with van der Waals surface area (Å²) < 4.78 is 10.7. The molecule has 25 heavy (non-hydrogen) atoms. The molecule has 2 N–H and O–H groups in total. The van der Waals surface area contributed by atoms with Crippen molar-refractivity contribution >= 4 is 29.1 Å². The van der Waals surface area contributed by atoms with Gasteiger partial charge in [0.05, 0.1) is 6.20 Å². The average Bonchev–Trinajstić information content (AvgIpc) is 3.08. The first kappa shape index (κ1) is 15.5. The van der Waals surface area contributed by atoms with Crippen LogP contribution in [0.1, 0.15) is 5.56 Å². The topological polar surface area (TPSA) is 81.2 Å². The summed E-state index contributed by atoms with van der Waals surface area (Å²) in [5.41, 5.74) is 1.84. The van der Waals surface area contributed by atoms with E-state index in [1.165, 1.54) is 0 Å². The van der Waals surface area contributed by atoms with Crippen LogP contribution in [0.25, 0.3) is 0 Å². The van der Waals surface area contributed by atoms with Gasteiger partial charge in [0.2, 0.25) is 12.7 Å². The van der Waals surface area contributed by atoms with Gasteiger partial charge in [0.25, 0.3) is 0 Å². The standard InChI is InChI=1S/C17H14ClN5O2/c18-12-2-1-3-13(7-12)21-17-22-16(9-20-23-17)19-8-11-4-5-14-15(6-11)25-10-24-14/h1-7,9H,8,10H2,(H2,19,21,22,23). The summed E-state index contributed by atoms with van der Waals surface area (Å²) >= 11 is 5.97. The van der Waals surface area contributed by atoms with Crippen LogP contribution in [-0.2, 0) is 6.54 Å². The van der Waals surface area contributed by atoms with Crippen LogP contribution < -0.4 is 20.1 Å². The molecule has 0 saturated carbocycles. The zero-order chi connectivity index (χ0) is 17.1. The summed E-state index contributed by atoms with van der Waals surface area (Å²) in [4.78, 5) is 4.39. The van der Waals surface area contributed by atoms with Crippen molar-refractivity contribution in [3.63, 3.8) is 0 Å².